The Hall–Kier alpha value is -8.53. The lowest BCUT2D eigenvalue weighted by Crippen LogP contribution is -2.07. The van der Waals surface area contributed by atoms with E-state index in [-0.39, 0.29) is 0 Å². The fourth-order valence-corrected chi connectivity index (χ4v) is 10.0. The van der Waals surface area contributed by atoms with E-state index in [1.54, 1.807) is 0 Å². The summed E-state index contributed by atoms with van der Waals surface area (Å²) in [6, 6.07) is 76.8. The molecule has 4 heterocycles. The zero-order valence-electron chi connectivity index (χ0n) is 35.4. The number of rotatable bonds is 4. The molecule has 3 aromatic heterocycles. The molecule has 304 valence electrons. The maximum absolute atomic E-state index is 7.45. The van der Waals surface area contributed by atoms with Crippen LogP contribution in [-0.4, -0.2) is 10.3 Å². The van der Waals surface area contributed by atoms with E-state index in [0.717, 1.165) is 93.7 Å². The summed E-state index contributed by atoms with van der Waals surface area (Å²) in [6.07, 6.45) is 7.19. The summed E-state index contributed by atoms with van der Waals surface area (Å²) in [5.74, 6) is 0. The molecule has 14 rings (SSSR count). The normalized spacial score (nSPS) is 13.0. The van der Waals surface area contributed by atoms with Gasteiger partial charge in [0.05, 0.1) is 16.9 Å². The molecule has 0 radical (unpaired) electrons. The molecule has 65 heavy (non-hydrogen) atoms. The number of para-hydroxylation sites is 1. The van der Waals surface area contributed by atoms with E-state index < -0.39 is 0 Å². The lowest BCUT2D eigenvalue weighted by Gasteiger charge is -2.16. The van der Waals surface area contributed by atoms with Gasteiger partial charge in [0.25, 0.3) is 0 Å². The second-order valence-electron chi connectivity index (χ2n) is 17.1. The highest BCUT2D eigenvalue weighted by molar-refractivity contribution is 6.22. The van der Waals surface area contributed by atoms with Crippen LogP contribution in [0.15, 0.2) is 234 Å². The van der Waals surface area contributed by atoms with Crippen molar-refractivity contribution in [2.75, 3.05) is 0 Å². The van der Waals surface area contributed by atoms with Crippen LogP contribution in [0.4, 0.5) is 0 Å². The van der Waals surface area contributed by atoms with Gasteiger partial charge in [-0.3, -0.25) is 4.99 Å². The lowest BCUT2D eigenvalue weighted by molar-refractivity contribution is 0.674. The highest BCUT2D eigenvalue weighted by atomic mass is 16.3. The number of aromatic nitrogens is 1. The number of allylic oxidation sites excluding steroid dienone is 2. The van der Waals surface area contributed by atoms with Crippen LogP contribution in [0.5, 0.6) is 0 Å². The maximum atomic E-state index is 7.45. The lowest BCUT2D eigenvalue weighted by atomic mass is 9.92. The van der Waals surface area contributed by atoms with Gasteiger partial charge in [-0.1, -0.05) is 182 Å². The van der Waals surface area contributed by atoms with Crippen molar-refractivity contribution in [1.29, 1.82) is 0 Å². The van der Waals surface area contributed by atoms with E-state index in [2.05, 4.69) is 235 Å². The molecule has 0 unspecified atom stereocenters. The van der Waals surface area contributed by atoms with E-state index in [0.29, 0.717) is 6.42 Å². The summed E-state index contributed by atoms with van der Waals surface area (Å²) in [6.45, 7) is 0. The molecule has 0 spiro atoms. The number of hydrogen-bond acceptors (Lipinski definition) is 2. The monoisotopic (exact) mass is 828 g/mol. The molecular formula is C62H40N2O. The quantitative estimate of drug-likeness (QED) is 0.174. The highest BCUT2D eigenvalue weighted by Crippen LogP contribution is 2.41. The average molecular weight is 829 g/mol. The smallest absolute Gasteiger partial charge is 0.160 e. The van der Waals surface area contributed by atoms with Crippen molar-refractivity contribution < 1.29 is 4.42 Å². The van der Waals surface area contributed by atoms with Crippen LogP contribution >= 0.6 is 0 Å². The molecule has 0 fully saturated rings. The number of fused-ring (bicyclic) bond motifs is 5. The van der Waals surface area contributed by atoms with E-state index in [9.17, 15) is 0 Å². The predicted molar refractivity (Wildman–Crippen MR) is 275 cm³/mol. The van der Waals surface area contributed by atoms with Gasteiger partial charge in [-0.15, -0.1) is 0 Å². The number of aliphatic imine (C=N–C) groups is 1. The Labute approximate surface area is 375 Å². The standard InChI is InChI=1S/C62H40N2O/c1-3-13-40(14-4-1)42-29-32-50(33-30-42)64-51-34-31-45-35-48(27-26-46(45)37-51)56-39-59(49-28-25-41-15-7-8-18-44(41)36-49)63-58(43-16-5-2-6-17-43)24-12-21-53(56)54-22-11-23-55-57-38-47-19-9-10-20-52(47)60(64)62(57)65-61(54)55/h1-38H,39H2. The fraction of sp³-hybridized carbons (Fsp3) is 0.0161. The van der Waals surface area contributed by atoms with Gasteiger partial charge in [-0.2, -0.15) is 0 Å². The first-order chi connectivity index (χ1) is 32.2. The van der Waals surface area contributed by atoms with Crippen molar-refractivity contribution in [1.82, 2.24) is 4.57 Å². The summed E-state index contributed by atoms with van der Waals surface area (Å²) in [7, 11) is 0. The van der Waals surface area contributed by atoms with Gasteiger partial charge in [-0.05, 0) is 109 Å². The van der Waals surface area contributed by atoms with Crippen LogP contribution in [0, 0.1) is 0 Å². The van der Waals surface area contributed by atoms with Crippen molar-refractivity contribution in [3.63, 3.8) is 0 Å². The second kappa shape index (κ2) is 15.1. The zero-order valence-corrected chi connectivity index (χ0v) is 35.4. The van der Waals surface area contributed by atoms with E-state index in [1.807, 2.05) is 0 Å². The highest BCUT2D eigenvalue weighted by Gasteiger charge is 2.20. The third-order valence-corrected chi connectivity index (χ3v) is 13.3. The SMILES string of the molecule is C1=Cc2c(c3ccc4cc(ccc4c3)n(-c3ccc(-c4ccccc4)cc3)c3c4ccccc4cc4c5cccc2c5oc43)CC(c2ccc3ccccc3c2)=NC(c2ccccc2)=C1. The van der Waals surface area contributed by atoms with Gasteiger partial charge in [0.15, 0.2) is 5.58 Å². The number of hydrogen-bond donors (Lipinski definition) is 0. The minimum absolute atomic E-state index is 0.588. The van der Waals surface area contributed by atoms with Crippen LogP contribution in [0.25, 0.3) is 105 Å². The zero-order chi connectivity index (χ0) is 42.8. The molecule has 10 aromatic carbocycles. The van der Waals surface area contributed by atoms with Gasteiger partial charge in [0.1, 0.15) is 5.58 Å². The second-order valence-corrected chi connectivity index (χ2v) is 17.1. The molecule has 3 nitrogen and oxygen atoms in total. The molecule has 0 aliphatic carbocycles. The van der Waals surface area contributed by atoms with Crippen LogP contribution in [0.3, 0.4) is 0 Å². The van der Waals surface area contributed by atoms with Crippen LogP contribution < -0.4 is 0 Å². The van der Waals surface area contributed by atoms with Gasteiger partial charge < -0.3 is 8.98 Å². The van der Waals surface area contributed by atoms with Crippen LogP contribution in [0.2, 0.25) is 0 Å². The minimum atomic E-state index is 0.588. The minimum Gasteiger partial charge on any atom is -0.453 e. The average Bonchev–Trinajstić information content (AvgIpc) is 3.78. The van der Waals surface area contributed by atoms with Gasteiger partial charge in [0, 0.05) is 44.7 Å². The Morgan fingerprint density at radius 1 is 0.415 bits per heavy atom. The summed E-state index contributed by atoms with van der Waals surface area (Å²) in [4.78, 5) is 5.58. The summed E-state index contributed by atoms with van der Waals surface area (Å²) < 4.78 is 9.84. The van der Waals surface area contributed by atoms with Crippen molar-refractivity contribution in [2.24, 2.45) is 4.99 Å². The largest absolute Gasteiger partial charge is 0.453 e. The van der Waals surface area contributed by atoms with Crippen LogP contribution in [-0.2, 0) is 6.42 Å². The van der Waals surface area contributed by atoms with Gasteiger partial charge in [-0.25, -0.2) is 0 Å². The first-order valence-corrected chi connectivity index (χ1v) is 22.3. The molecule has 0 saturated carbocycles. The van der Waals surface area contributed by atoms with Crippen LogP contribution in [0.1, 0.15) is 22.3 Å². The van der Waals surface area contributed by atoms with E-state index in [4.69, 9.17) is 9.41 Å². The summed E-state index contributed by atoms with van der Waals surface area (Å²) in [5.41, 5.74) is 13.6. The Morgan fingerprint density at radius 2 is 1.05 bits per heavy atom. The topological polar surface area (TPSA) is 30.4 Å². The molecule has 0 saturated heterocycles. The number of furan rings is 1. The molecule has 1 aliphatic rings. The van der Waals surface area contributed by atoms with Gasteiger partial charge >= 0.3 is 0 Å². The van der Waals surface area contributed by atoms with Crippen molar-refractivity contribution >= 4 is 93.5 Å². The first kappa shape index (κ1) is 37.1. The third kappa shape index (κ3) is 6.32. The van der Waals surface area contributed by atoms with Crippen molar-refractivity contribution in [2.45, 2.75) is 6.42 Å². The molecule has 6 bridgehead atoms. The Bertz CT molecular complexity index is 4000. The molecule has 1 aliphatic heterocycles. The van der Waals surface area contributed by atoms with E-state index in [1.165, 1.54) is 32.8 Å². The Balaban J connectivity index is 1.17. The Morgan fingerprint density at radius 3 is 1.89 bits per heavy atom. The van der Waals surface area contributed by atoms with Gasteiger partial charge in [0.2, 0.25) is 0 Å². The van der Waals surface area contributed by atoms with Crippen molar-refractivity contribution in [3.8, 4) is 16.8 Å². The number of benzene rings is 10. The molecular weight excluding hydrogens is 789 g/mol. The predicted octanol–water partition coefficient (Wildman–Crippen LogP) is 16.5. The molecule has 3 heteroatoms. The summed E-state index contributed by atoms with van der Waals surface area (Å²) >= 11 is 0. The third-order valence-electron chi connectivity index (χ3n) is 13.3. The molecule has 13 aromatic rings. The Kier molecular flexibility index (Phi) is 8.60. The molecule has 0 atom stereocenters. The first-order valence-electron chi connectivity index (χ1n) is 22.3. The summed E-state index contributed by atoms with van der Waals surface area (Å²) in [5, 5.41) is 11.3. The van der Waals surface area contributed by atoms with E-state index >= 15 is 0 Å². The maximum Gasteiger partial charge on any atom is 0.160 e. The number of nitrogens with zero attached hydrogens (tertiary/aromatic N) is 2. The van der Waals surface area contributed by atoms with Crippen molar-refractivity contribution in [3.05, 3.63) is 247 Å². The molecule has 0 N–H and O–H groups in total. The fourth-order valence-electron chi connectivity index (χ4n) is 10.0. The molecule has 0 amide bonds.